The molecule has 2 aromatic rings. The minimum absolute atomic E-state index is 0.0287. The van der Waals surface area contributed by atoms with Crippen LogP contribution in [0, 0.1) is 17.0 Å². The number of nitro benzene ring substituents is 1. The van der Waals surface area contributed by atoms with Gasteiger partial charge in [0, 0.05) is 42.0 Å². The molecule has 1 fully saturated rings. The zero-order valence-electron chi connectivity index (χ0n) is 15.6. The van der Waals surface area contributed by atoms with Crippen molar-refractivity contribution in [3.8, 4) is 0 Å². The van der Waals surface area contributed by atoms with E-state index in [0.717, 1.165) is 0 Å². The first-order valence-corrected chi connectivity index (χ1v) is 9.11. The van der Waals surface area contributed by atoms with Gasteiger partial charge in [-0.1, -0.05) is 24.3 Å². The van der Waals surface area contributed by atoms with Crippen LogP contribution in [0.1, 0.15) is 28.8 Å². The molecule has 8 nitrogen and oxygen atoms in total. The van der Waals surface area contributed by atoms with E-state index < -0.39 is 4.92 Å². The molecule has 0 saturated carbocycles. The number of carbonyl (C=O) groups is 2. The molecule has 8 heteroatoms. The maximum absolute atomic E-state index is 12.8. The van der Waals surface area contributed by atoms with Gasteiger partial charge in [0.05, 0.1) is 4.92 Å². The van der Waals surface area contributed by atoms with Crippen molar-refractivity contribution in [2.75, 3.05) is 18.4 Å². The minimum Gasteiger partial charge on any atom is -0.338 e. The molecule has 3 amide bonds. The van der Waals surface area contributed by atoms with Crippen molar-refractivity contribution in [1.29, 1.82) is 0 Å². The highest BCUT2D eigenvalue weighted by Gasteiger charge is 2.27. The summed E-state index contributed by atoms with van der Waals surface area (Å²) in [6, 6.07) is 13.4. The topological polar surface area (TPSA) is 105 Å². The standard InChI is InChI=1S/C20H22N4O4/c1-14-17(8-5-9-18(14)24(27)28)19(25)23-12-10-16(11-13-23)22-20(26)21-15-6-3-2-4-7-15/h2-9,16H,10-13H2,1H3,(H2,21,22,26). The second kappa shape index (κ2) is 8.51. The quantitative estimate of drug-likeness (QED) is 0.625. The summed E-state index contributed by atoms with van der Waals surface area (Å²) in [7, 11) is 0. The van der Waals surface area contributed by atoms with Crippen LogP contribution in [-0.4, -0.2) is 40.9 Å². The largest absolute Gasteiger partial charge is 0.338 e. The molecule has 2 aromatic carbocycles. The maximum atomic E-state index is 12.8. The molecule has 146 valence electrons. The molecule has 28 heavy (non-hydrogen) atoms. The van der Waals surface area contributed by atoms with Crippen molar-refractivity contribution in [2.24, 2.45) is 0 Å². The van der Waals surface area contributed by atoms with E-state index in [4.69, 9.17) is 0 Å². The number of nitrogens with one attached hydrogen (secondary N) is 2. The number of hydrogen-bond donors (Lipinski definition) is 2. The van der Waals surface area contributed by atoms with Crippen LogP contribution in [0.2, 0.25) is 0 Å². The number of anilines is 1. The van der Waals surface area contributed by atoms with E-state index in [2.05, 4.69) is 10.6 Å². The summed E-state index contributed by atoms with van der Waals surface area (Å²) in [5.74, 6) is -0.214. The predicted octanol–water partition coefficient (Wildman–Crippen LogP) is 3.33. The molecular weight excluding hydrogens is 360 g/mol. The highest BCUT2D eigenvalue weighted by atomic mass is 16.6. The number of nitro groups is 1. The van der Waals surface area contributed by atoms with E-state index in [9.17, 15) is 19.7 Å². The third kappa shape index (κ3) is 4.46. The maximum Gasteiger partial charge on any atom is 0.319 e. The fraction of sp³-hybridized carbons (Fsp3) is 0.300. The number of hydrogen-bond acceptors (Lipinski definition) is 4. The van der Waals surface area contributed by atoms with Crippen molar-refractivity contribution < 1.29 is 14.5 Å². The molecule has 1 aliphatic rings. The van der Waals surface area contributed by atoms with Gasteiger partial charge in [0.25, 0.3) is 11.6 Å². The van der Waals surface area contributed by atoms with E-state index in [1.807, 2.05) is 30.3 Å². The van der Waals surface area contributed by atoms with Crippen LogP contribution in [0.25, 0.3) is 0 Å². The van der Waals surface area contributed by atoms with Crippen LogP contribution in [0.5, 0.6) is 0 Å². The summed E-state index contributed by atoms with van der Waals surface area (Å²) in [6.07, 6.45) is 1.25. The minimum atomic E-state index is -0.479. The number of benzene rings is 2. The molecule has 2 N–H and O–H groups in total. The zero-order chi connectivity index (χ0) is 20.1. The van der Waals surface area contributed by atoms with E-state index in [1.165, 1.54) is 12.1 Å². The molecular formula is C20H22N4O4. The lowest BCUT2D eigenvalue weighted by Gasteiger charge is -2.32. The van der Waals surface area contributed by atoms with Crippen LogP contribution >= 0.6 is 0 Å². The van der Waals surface area contributed by atoms with Gasteiger partial charge in [-0.05, 0) is 38.0 Å². The smallest absolute Gasteiger partial charge is 0.319 e. The van der Waals surface area contributed by atoms with E-state index in [0.29, 0.717) is 42.7 Å². The molecule has 0 aliphatic carbocycles. The zero-order valence-corrected chi connectivity index (χ0v) is 15.6. The number of urea groups is 1. The predicted molar refractivity (Wildman–Crippen MR) is 105 cm³/mol. The number of likely N-dealkylation sites (tertiary alicyclic amines) is 1. The molecule has 3 rings (SSSR count). The lowest BCUT2D eigenvalue weighted by atomic mass is 10.0. The highest BCUT2D eigenvalue weighted by Crippen LogP contribution is 2.23. The average Bonchev–Trinajstić information content (AvgIpc) is 2.68. The van der Waals surface area contributed by atoms with Crippen LogP contribution in [-0.2, 0) is 0 Å². The van der Waals surface area contributed by atoms with E-state index in [1.54, 1.807) is 17.9 Å². The number of piperidine rings is 1. The lowest BCUT2D eigenvalue weighted by Crippen LogP contribution is -2.47. The molecule has 0 radical (unpaired) electrons. The Morgan fingerprint density at radius 3 is 2.39 bits per heavy atom. The number of para-hydroxylation sites is 1. The Morgan fingerprint density at radius 2 is 1.75 bits per heavy atom. The van der Waals surface area contributed by atoms with Gasteiger partial charge < -0.3 is 15.5 Å². The number of carbonyl (C=O) groups excluding carboxylic acids is 2. The molecule has 0 spiro atoms. The van der Waals surface area contributed by atoms with Crippen LogP contribution in [0.15, 0.2) is 48.5 Å². The molecule has 1 heterocycles. The monoisotopic (exact) mass is 382 g/mol. The number of nitrogens with zero attached hydrogens (tertiary/aromatic N) is 2. The Morgan fingerprint density at radius 1 is 1.07 bits per heavy atom. The number of rotatable bonds is 4. The van der Waals surface area contributed by atoms with Crippen molar-refractivity contribution >= 4 is 23.3 Å². The average molecular weight is 382 g/mol. The SMILES string of the molecule is Cc1c(C(=O)N2CCC(NC(=O)Nc3ccccc3)CC2)cccc1[N+](=O)[O-]. The third-order valence-corrected chi connectivity index (χ3v) is 4.88. The van der Waals surface area contributed by atoms with Gasteiger partial charge in [-0.15, -0.1) is 0 Å². The van der Waals surface area contributed by atoms with Gasteiger partial charge in [0.2, 0.25) is 0 Å². The Balaban J connectivity index is 1.55. The van der Waals surface area contributed by atoms with Gasteiger partial charge in [0.15, 0.2) is 0 Å². The number of amides is 3. The first kappa shape index (κ1) is 19.3. The van der Waals surface area contributed by atoms with Crippen LogP contribution < -0.4 is 10.6 Å². The van der Waals surface area contributed by atoms with Gasteiger partial charge in [-0.25, -0.2) is 4.79 Å². The van der Waals surface area contributed by atoms with E-state index >= 15 is 0 Å². The van der Waals surface area contributed by atoms with Crippen LogP contribution in [0.3, 0.4) is 0 Å². The summed E-state index contributed by atoms with van der Waals surface area (Å²) in [6.45, 7) is 2.56. The molecule has 0 aromatic heterocycles. The third-order valence-electron chi connectivity index (χ3n) is 4.88. The van der Waals surface area contributed by atoms with Crippen LogP contribution in [0.4, 0.5) is 16.2 Å². The fourth-order valence-corrected chi connectivity index (χ4v) is 3.32. The summed E-state index contributed by atoms with van der Waals surface area (Å²) >= 11 is 0. The molecule has 1 aliphatic heterocycles. The van der Waals surface area contributed by atoms with Gasteiger partial charge in [-0.2, -0.15) is 0 Å². The lowest BCUT2D eigenvalue weighted by molar-refractivity contribution is -0.385. The molecule has 1 saturated heterocycles. The van der Waals surface area contributed by atoms with Crippen molar-refractivity contribution in [1.82, 2.24) is 10.2 Å². The molecule has 0 unspecified atom stereocenters. The van der Waals surface area contributed by atoms with Crippen molar-refractivity contribution in [3.63, 3.8) is 0 Å². The Kier molecular flexibility index (Phi) is 5.88. The summed E-state index contributed by atoms with van der Waals surface area (Å²) < 4.78 is 0. The van der Waals surface area contributed by atoms with Gasteiger partial charge >= 0.3 is 6.03 Å². The first-order valence-electron chi connectivity index (χ1n) is 9.11. The first-order chi connectivity index (χ1) is 13.5. The second-order valence-corrected chi connectivity index (χ2v) is 6.74. The van der Waals surface area contributed by atoms with E-state index in [-0.39, 0.29) is 23.7 Å². The normalized spacial score (nSPS) is 14.4. The summed E-state index contributed by atoms with van der Waals surface area (Å²) in [5.41, 5.74) is 1.39. The van der Waals surface area contributed by atoms with Crippen molar-refractivity contribution in [3.05, 3.63) is 69.8 Å². The Hall–Kier alpha value is -3.42. The summed E-state index contributed by atoms with van der Waals surface area (Å²) in [5, 5.41) is 16.8. The Labute approximate surface area is 162 Å². The van der Waals surface area contributed by atoms with Gasteiger partial charge in [-0.3, -0.25) is 14.9 Å². The Bertz CT molecular complexity index is 877. The second-order valence-electron chi connectivity index (χ2n) is 6.74. The summed E-state index contributed by atoms with van der Waals surface area (Å²) in [4.78, 5) is 37.2. The fourth-order valence-electron chi connectivity index (χ4n) is 3.32. The van der Waals surface area contributed by atoms with Crippen molar-refractivity contribution in [2.45, 2.75) is 25.8 Å². The molecule has 0 atom stereocenters. The highest BCUT2D eigenvalue weighted by molar-refractivity contribution is 5.96. The molecule has 0 bridgehead atoms. The van der Waals surface area contributed by atoms with Gasteiger partial charge in [0.1, 0.15) is 0 Å².